The fourth-order valence-corrected chi connectivity index (χ4v) is 3.53. The lowest BCUT2D eigenvalue weighted by molar-refractivity contribution is -0.384. The van der Waals surface area contributed by atoms with Gasteiger partial charge in [-0.3, -0.25) is 10.1 Å². The van der Waals surface area contributed by atoms with Gasteiger partial charge >= 0.3 is 0 Å². The summed E-state index contributed by atoms with van der Waals surface area (Å²) < 4.78 is 0. The van der Waals surface area contributed by atoms with Gasteiger partial charge in [-0.15, -0.1) is 0 Å². The summed E-state index contributed by atoms with van der Waals surface area (Å²) in [6.07, 6.45) is 7.50. The summed E-state index contributed by atoms with van der Waals surface area (Å²) in [7, 11) is 0. The SMILES string of the molecule is O=[N+]([O-])c1ccc(Cl)cc1NC1CCCC(C2CC2)C1. The van der Waals surface area contributed by atoms with Gasteiger partial charge in [-0.2, -0.15) is 0 Å². The molecule has 0 amide bonds. The summed E-state index contributed by atoms with van der Waals surface area (Å²) >= 11 is 5.97. The summed E-state index contributed by atoms with van der Waals surface area (Å²) in [4.78, 5) is 10.7. The third kappa shape index (κ3) is 3.06. The molecule has 0 radical (unpaired) electrons. The zero-order valence-corrected chi connectivity index (χ0v) is 12.1. The molecule has 20 heavy (non-hydrogen) atoms. The van der Waals surface area contributed by atoms with Gasteiger partial charge in [0, 0.05) is 17.1 Å². The zero-order chi connectivity index (χ0) is 14.1. The van der Waals surface area contributed by atoms with Gasteiger partial charge in [-0.1, -0.05) is 24.4 Å². The van der Waals surface area contributed by atoms with Crippen molar-refractivity contribution in [2.24, 2.45) is 11.8 Å². The molecule has 108 valence electrons. The number of benzene rings is 1. The van der Waals surface area contributed by atoms with E-state index in [1.807, 2.05) is 0 Å². The highest BCUT2D eigenvalue weighted by molar-refractivity contribution is 6.31. The minimum atomic E-state index is -0.347. The fraction of sp³-hybridized carbons (Fsp3) is 0.600. The Morgan fingerprint density at radius 3 is 2.70 bits per heavy atom. The normalized spacial score (nSPS) is 26.2. The Kier molecular flexibility index (Phi) is 3.83. The topological polar surface area (TPSA) is 55.2 Å². The van der Waals surface area contributed by atoms with E-state index in [0.717, 1.165) is 24.7 Å². The van der Waals surface area contributed by atoms with E-state index in [4.69, 9.17) is 11.6 Å². The maximum absolute atomic E-state index is 11.1. The molecule has 0 heterocycles. The molecule has 1 N–H and O–H groups in total. The zero-order valence-electron chi connectivity index (χ0n) is 11.3. The van der Waals surface area contributed by atoms with E-state index in [-0.39, 0.29) is 10.6 Å². The van der Waals surface area contributed by atoms with Crippen LogP contribution >= 0.6 is 11.6 Å². The van der Waals surface area contributed by atoms with E-state index in [1.165, 1.54) is 31.7 Å². The number of nitrogens with zero attached hydrogens (tertiary/aromatic N) is 1. The molecule has 2 aliphatic rings. The van der Waals surface area contributed by atoms with E-state index in [0.29, 0.717) is 16.8 Å². The number of anilines is 1. The molecule has 0 saturated heterocycles. The van der Waals surface area contributed by atoms with E-state index < -0.39 is 0 Å². The van der Waals surface area contributed by atoms with Crippen LogP contribution < -0.4 is 5.32 Å². The van der Waals surface area contributed by atoms with Gasteiger partial charge in [0.15, 0.2) is 0 Å². The van der Waals surface area contributed by atoms with E-state index in [9.17, 15) is 10.1 Å². The lowest BCUT2D eigenvalue weighted by Gasteiger charge is -2.30. The third-order valence-corrected chi connectivity index (χ3v) is 4.75. The van der Waals surface area contributed by atoms with Gasteiger partial charge in [0.1, 0.15) is 5.69 Å². The molecule has 0 spiro atoms. The van der Waals surface area contributed by atoms with Gasteiger partial charge in [0.05, 0.1) is 4.92 Å². The van der Waals surface area contributed by atoms with E-state index in [2.05, 4.69) is 5.32 Å². The Labute approximate surface area is 123 Å². The summed E-state index contributed by atoms with van der Waals surface area (Å²) in [5.74, 6) is 1.72. The number of hydrogen-bond acceptors (Lipinski definition) is 3. The summed E-state index contributed by atoms with van der Waals surface area (Å²) in [6.45, 7) is 0. The number of halogens is 1. The van der Waals surface area contributed by atoms with Crippen LogP contribution in [0.15, 0.2) is 18.2 Å². The van der Waals surface area contributed by atoms with Gasteiger partial charge in [0.25, 0.3) is 5.69 Å². The molecule has 5 heteroatoms. The number of rotatable bonds is 4. The van der Waals surface area contributed by atoms with Crippen molar-refractivity contribution < 1.29 is 4.92 Å². The first kappa shape index (κ1) is 13.7. The highest BCUT2D eigenvalue weighted by atomic mass is 35.5. The first-order chi connectivity index (χ1) is 9.63. The Bertz CT molecular complexity index is 517. The Balaban J connectivity index is 1.73. The predicted molar refractivity (Wildman–Crippen MR) is 80.2 cm³/mol. The molecule has 0 aromatic heterocycles. The molecule has 2 unspecified atom stereocenters. The molecule has 1 aromatic rings. The summed E-state index contributed by atoms with van der Waals surface area (Å²) in [5, 5.41) is 15.0. The molecule has 1 aromatic carbocycles. The average Bonchev–Trinajstić information content (AvgIpc) is 3.23. The summed E-state index contributed by atoms with van der Waals surface area (Å²) in [6, 6.07) is 5.05. The highest BCUT2D eigenvalue weighted by Crippen LogP contribution is 2.44. The van der Waals surface area contributed by atoms with Gasteiger partial charge < -0.3 is 5.32 Å². The molecule has 0 aliphatic heterocycles. The molecule has 2 saturated carbocycles. The molecule has 4 nitrogen and oxygen atoms in total. The second kappa shape index (κ2) is 5.60. The quantitative estimate of drug-likeness (QED) is 0.650. The van der Waals surface area contributed by atoms with Crippen LogP contribution in [0.25, 0.3) is 0 Å². The van der Waals surface area contributed by atoms with Crippen molar-refractivity contribution in [3.63, 3.8) is 0 Å². The predicted octanol–water partition coefficient (Wildman–Crippen LogP) is 4.63. The van der Waals surface area contributed by atoms with Crippen LogP contribution in [0.2, 0.25) is 5.02 Å². The van der Waals surface area contributed by atoms with Crippen molar-refractivity contribution in [3.8, 4) is 0 Å². The number of nitro benzene ring substituents is 1. The standard InChI is InChI=1S/C15H19ClN2O2/c16-12-6-7-15(18(19)20)14(9-12)17-13-3-1-2-11(8-13)10-4-5-10/h6-7,9-11,13,17H,1-5,8H2. The number of hydrogen-bond donors (Lipinski definition) is 1. The molecular formula is C15H19ClN2O2. The van der Waals surface area contributed by atoms with Crippen LogP contribution in [0.1, 0.15) is 38.5 Å². The third-order valence-electron chi connectivity index (χ3n) is 4.52. The maximum atomic E-state index is 11.1. The number of nitro groups is 1. The second-order valence-corrected chi connectivity index (χ2v) is 6.46. The van der Waals surface area contributed by atoms with Crippen molar-refractivity contribution in [3.05, 3.63) is 33.3 Å². The smallest absolute Gasteiger partial charge is 0.292 e. The van der Waals surface area contributed by atoms with Crippen LogP contribution in [0, 0.1) is 22.0 Å². The lowest BCUT2D eigenvalue weighted by Crippen LogP contribution is -2.28. The van der Waals surface area contributed by atoms with Crippen LogP contribution in [0.3, 0.4) is 0 Å². The molecule has 2 aliphatic carbocycles. The molecule has 0 bridgehead atoms. The molecule has 3 rings (SSSR count). The largest absolute Gasteiger partial charge is 0.377 e. The Morgan fingerprint density at radius 1 is 1.20 bits per heavy atom. The Morgan fingerprint density at radius 2 is 2.00 bits per heavy atom. The van der Waals surface area contributed by atoms with Crippen LogP contribution in [0.4, 0.5) is 11.4 Å². The van der Waals surface area contributed by atoms with Crippen molar-refractivity contribution in [1.82, 2.24) is 0 Å². The Hall–Kier alpha value is -1.29. The van der Waals surface area contributed by atoms with Gasteiger partial charge in [-0.25, -0.2) is 0 Å². The lowest BCUT2D eigenvalue weighted by atomic mass is 9.82. The monoisotopic (exact) mass is 294 g/mol. The van der Waals surface area contributed by atoms with Crippen molar-refractivity contribution in [2.45, 2.75) is 44.6 Å². The van der Waals surface area contributed by atoms with Gasteiger partial charge in [0.2, 0.25) is 0 Å². The van der Waals surface area contributed by atoms with E-state index in [1.54, 1.807) is 12.1 Å². The van der Waals surface area contributed by atoms with Crippen LogP contribution in [-0.4, -0.2) is 11.0 Å². The molecule has 2 fully saturated rings. The maximum Gasteiger partial charge on any atom is 0.292 e. The second-order valence-electron chi connectivity index (χ2n) is 6.02. The van der Waals surface area contributed by atoms with Crippen LogP contribution in [0.5, 0.6) is 0 Å². The van der Waals surface area contributed by atoms with Crippen molar-refractivity contribution in [2.75, 3.05) is 5.32 Å². The van der Waals surface area contributed by atoms with Crippen molar-refractivity contribution >= 4 is 23.0 Å². The van der Waals surface area contributed by atoms with E-state index >= 15 is 0 Å². The van der Waals surface area contributed by atoms with Crippen molar-refractivity contribution in [1.29, 1.82) is 0 Å². The van der Waals surface area contributed by atoms with Gasteiger partial charge in [-0.05, 0) is 49.7 Å². The highest BCUT2D eigenvalue weighted by Gasteiger charge is 2.35. The fourth-order valence-electron chi connectivity index (χ4n) is 3.36. The minimum absolute atomic E-state index is 0.114. The van der Waals surface area contributed by atoms with Crippen LogP contribution in [-0.2, 0) is 0 Å². The first-order valence-electron chi connectivity index (χ1n) is 7.34. The minimum Gasteiger partial charge on any atom is -0.377 e. The first-order valence-corrected chi connectivity index (χ1v) is 7.72. The number of nitrogens with one attached hydrogen (secondary N) is 1. The summed E-state index contributed by atoms with van der Waals surface area (Å²) in [5.41, 5.74) is 0.673. The molecule has 2 atom stereocenters. The molecular weight excluding hydrogens is 276 g/mol. The average molecular weight is 295 g/mol.